The Bertz CT molecular complexity index is 270. The molecular formula is C10H18F4N2O3. The second-order valence-electron chi connectivity index (χ2n) is 4.41. The van der Waals surface area contributed by atoms with Gasteiger partial charge in [0, 0.05) is 19.6 Å². The van der Waals surface area contributed by atoms with E-state index in [0.29, 0.717) is 26.3 Å². The zero-order valence-electron chi connectivity index (χ0n) is 10.3. The van der Waals surface area contributed by atoms with E-state index in [9.17, 15) is 22.7 Å². The second-order valence-corrected chi connectivity index (χ2v) is 4.41. The van der Waals surface area contributed by atoms with Crippen LogP contribution in [0.2, 0.25) is 0 Å². The van der Waals surface area contributed by atoms with Crippen LogP contribution in [0.25, 0.3) is 0 Å². The van der Waals surface area contributed by atoms with Crippen molar-refractivity contribution < 1.29 is 32.1 Å². The fourth-order valence-electron chi connectivity index (χ4n) is 1.55. The van der Waals surface area contributed by atoms with Crippen molar-refractivity contribution >= 4 is 0 Å². The molecule has 1 aliphatic rings. The number of nitrogens with two attached hydrogens (primary N) is 1. The molecule has 0 saturated carbocycles. The fraction of sp³-hybridized carbons (Fsp3) is 1.00. The molecule has 19 heavy (non-hydrogen) atoms. The van der Waals surface area contributed by atoms with E-state index >= 15 is 0 Å². The average molecular weight is 290 g/mol. The van der Waals surface area contributed by atoms with E-state index in [1.54, 1.807) is 0 Å². The van der Waals surface area contributed by atoms with E-state index in [-0.39, 0.29) is 6.54 Å². The molecule has 0 aromatic heterocycles. The smallest absolute Gasteiger partial charge is 0.365 e. The largest absolute Gasteiger partial charge is 0.389 e. The molecule has 1 aliphatic heterocycles. The van der Waals surface area contributed by atoms with Gasteiger partial charge < -0.3 is 14.6 Å². The molecule has 5 nitrogen and oxygen atoms in total. The molecule has 0 aromatic rings. The number of aliphatic hydroxyl groups is 1. The van der Waals surface area contributed by atoms with Crippen LogP contribution in [0.5, 0.6) is 0 Å². The van der Waals surface area contributed by atoms with Gasteiger partial charge in [0.2, 0.25) is 0 Å². The quantitative estimate of drug-likeness (QED) is 0.505. The molecule has 1 rings (SSSR count). The molecule has 0 amide bonds. The number of nitrogens with zero attached hydrogens (tertiary/aromatic N) is 1. The highest BCUT2D eigenvalue weighted by atomic mass is 19.3. The lowest BCUT2D eigenvalue weighted by Crippen LogP contribution is -2.51. The van der Waals surface area contributed by atoms with Gasteiger partial charge in [0.15, 0.2) is 0 Å². The lowest BCUT2D eigenvalue weighted by atomic mass is 10.3. The molecule has 114 valence electrons. The molecule has 1 heterocycles. The molecule has 0 bridgehead atoms. The molecule has 0 aromatic carbocycles. The lowest BCUT2D eigenvalue weighted by Gasteiger charge is -2.29. The Labute approximate surface area is 108 Å². The van der Waals surface area contributed by atoms with Crippen LogP contribution in [0.4, 0.5) is 17.6 Å². The van der Waals surface area contributed by atoms with E-state index in [2.05, 4.69) is 10.5 Å². The first kappa shape index (κ1) is 16.6. The number of hydrogen-bond acceptors (Lipinski definition) is 5. The van der Waals surface area contributed by atoms with Crippen LogP contribution >= 0.6 is 0 Å². The van der Waals surface area contributed by atoms with Gasteiger partial charge in [0.1, 0.15) is 6.61 Å². The van der Waals surface area contributed by atoms with E-state index in [4.69, 9.17) is 4.74 Å². The fourth-order valence-corrected chi connectivity index (χ4v) is 1.55. The first-order valence-electron chi connectivity index (χ1n) is 5.83. The summed E-state index contributed by atoms with van der Waals surface area (Å²) in [5, 5.41) is 9.53. The lowest BCUT2D eigenvalue weighted by molar-refractivity contribution is -0.231. The van der Waals surface area contributed by atoms with Crippen molar-refractivity contribution in [1.82, 2.24) is 4.90 Å². The predicted molar refractivity (Wildman–Crippen MR) is 58.2 cm³/mol. The van der Waals surface area contributed by atoms with E-state index in [1.807, 2.05) is 4.90 Å². The van der Waals surface area contributed by atoms with Crippen molar-refractivity contribution in [3.63, 3.8) is 0 Å². The maximum Gasteiger partial charge on any atom is 0.365 e. The molecule has 0 radical (unpaired) electrons. The molecular weight excluding hydrogens is 272 g/mol. The molecule has 1 atom stereocenters. The molecule has 1 unspecified atom stereocenters. The van der Waals surface area contributed by atoms with Gasteiger partial charge in [-0.2, -0.15) is 17.6 Å². The number of ether oxygens (including phenoxy) is 2. The second kappa shape index (κ2) is 6.80. The molecule has 3 N–H and O–H groups in total. The topological polar surface area (TPSA) is 68.0 Å². The standard InChI is InChI=1S/C10H18F4N2O3/c11-9(12,10(13,14)15)7-19-6-8(17)5-16-1-3-18-4-2-16/h8,17H,1-7,15H2. The normalized spacial score (nSPS) is 20.5. The summed E-state index contributed by atoms with van der Waals surface area (Å²) in [6, 6.07) is -4.64. The number of β-amino-alcohol motifs (C(OH)–C–C–N with tert-alkyl or cyclic N) is 1. The van der Waals surface area contributed by atoms with Crippen molar-refractivity contribution in [3.8, 4) is 0 Å². The Morgan fingerprint density at radius 1 is 1.26 bits per heavy atom. The number of aliphatic hydroxyl groups excluding tert-OH is 1. The summed E-state index contributed by atoms with van der Waals surface area (Å²) in [5.74, 6) is -4.45. The third-order valence-corrected chi connectivity index (χ3v) is 2.65. The number of alkyl halides is 4. The third-order valence-electron chi connectivity index (χ3n) is 2.65. The first-order chi connectivity index (χ1) is 8.72. The van der Waals surface area contributed by atoms with Crippen LogP contribution in [-0.4, -0.2) is 74.1 Å². The highest BCUT2D eigenvalue weighted by molar-refractivity contribution is 4.79. The van der Waals surface area contributed by atoms with Gasteiger partial charge in [-0.25, -0.2) is 0 Å². The van der Waals surface area contributed by atoms with Crippen LogP contribution in [-0.2, 0) is 9.47 Å². The van der Waals surface area contributed by atoms with Crippen LogP contribution in [0, 0.1) is 0 Å². The Balaban J connectivity index is 2.21. The van der Waals surface area contributed by atoms with Crippen molar-refractivity contribution in [2.45, 2.75) is 18.1 Å². The summed E-state index contributed by atoms with van der Waals surface area (Å²) in [6.45, 7) is 0.534. The number of morpholine rings is 1. The Hall–Kier alpha value is -0.480. The number of halogens is 4. The van der Waals surface area contributed by atoms with Gasteiger partial charge in [-0.05, 0) is 0 Å². The zero-order chi connectivity index (χ0) is 14.5. The van der Waals surface area contributed by atoms with Crippen molar-refractivity contribution in [3.05, 3.63) is 0 Å². The van der Waals surface area contributed by atoms with E-state index in [1.165, 1.54) is 0 Å². The van der Waals surface area contributed by atoms with Crippen molar-refractivity contribution in [1.29, 1.82) is 0 Å². The predicted octanol–water partition coefficient (Wildman–Crippen LogP) is -0.117. The van der Waals surface area contributed by atoms with Crippen LogP contribution < -0.4 is 5.73 Å². The van der Waals surface area contributed by atoms with Crippen LogP contribution in [0.1, 0.15) is 0 Å². The Kier molecular flexibility index (Phi) is 5.93. The zero-order valence-corrected chi connectivity index (χ0v) is 10.3. The van der Waals surface area contributed by atoms with Gasteiger partial charge in [-0.1, -0.05) is 0 Å². The Morgan fingerprint density at radius 2 is 1.84 bits per heavy atom. The van der Waals surface area contributed by atoms with Crippen LogP contribution in [0.15, 0.2) is 0 Å². The minimum atomic E-state index is -4.64. The van der Waals surface area contributed by atoms with E-state index < -0.39 is 31.3 Å². The van der Waals surface area contributed by atoms with Crippen molar-refractivity contribution in [2.24, 2.45) is 5.73 Å². The average Bonchev–Trinajstić information content (AvgIpc) is 2.28. The highest BCUT2D eigenvalue weighted by Crippen LogP contribution is 2.29. The maximum absolute atomic E-state index is 12.7. The van der Waals surface area contributed by atoms with Gasteiger partial charge in [-0.3, -0.25) is 10.6 Å². The number of rotatable bonds is 7. The van der Waals surface area contributed by atoms with Crippen molar-refractivity contribution in [2.75, 3.05) is 46.1 Å². The summed E-state index contributed by atoms with van der Waals surface area (Å²) in [4.78, 5) is 1.87. The molecule has 9 heteroatoms. The van der Waals surface area contributed by atoms with Gasteiger partial charge in [0.05, 0.1) is 25.9 Å². The third kappa shape index (κ3) is 5.57. The van der Waals surface area contributed by atoms with E-state index in [0.717, 1.165) is 0 Å². The number of hydrogen-bond donors (Lipinski definition) is 2. The van der Waals surface area contributed by atoms with Crippen LogP contribution in [0.3, 0.4) is 0 Å². The molecule has 0 spiro atoms. The summed E-state index contributed by atoms with van der Waals surface area (Å²) in [6.07, 6.45) is -1.03. The summed E-state index contributed by atoms with van der Waals surface area (Å²) in [7, 11) is 0. The molecule has 1 fully saturated rings. The maximum atomic E-state index is 12.7. The summed E-state index contributed by atoms with van der Waals surface area (Å²) < 4.78 is 59.5. The molecule has 0 aliphatic carbocycles. The summed E-state index contributed by atoms with van der Waals surface area (Å²) >= 11 is 0. The molecule has 1 saturated heterocycles. The van der Waals surface area contributed by atoms with Gasteiger partial charge in [-0.15, -0.1) is 0 Å². The minimum absolute atomic E-state index is 0.216. The van der Waals surface area contributed by atoms with Gasteiger partial charge in [0.25, 0.3) is 0 Å². The summed E-state index contributed by atoms with van der Waals surface area (Å²) in [5.41, 5.74) is 4.03. The monoisotopic (exact) mass is 290 g/mol. The Morgan fingerprint density at radius 3 is 2.37 bits per heavy atom. The minimum Gasteiger partial charge on any atom is -0.389 e. The first-order valence-corrected chi connectivity index (χ1v) is 5.83. The van der Waals surface area contributed by atoms with Gasteiger partial charge >= 0.3 is 12.0 Å². The highest BCUT2D eigenvalue weighted by Gasteiger charge is 2.53. The SMILES string of the molecule is NC(F)(F)C(F)(F)COCC(O)CN1CCOCC1.